The minimum atomic E-state index is -0.810. The maximum Gasteiger partial charge on any atom is 0.224 e. The van der Waals surface area contributed by atoms with E-state index < -0.39 is 23.3 Å². The summed E-state index contributed by atoms with van der Waals surface area (Å²) in [6.07, 6.45) is 6.41. The SMILES string of the molecule is CCC(=O)Nc1cccc(-c2ccc3c(ccn3Cc3c(Cl)c(OC)cc(OC)c3Cl)n2)c1.CCC(=O)Nc1cccc(-c2ccc3c(ccn3Cc3c(F)c(OC)cc(OC)c3F)n2)c1.CCC(=O)Nc1cccc(-c2ccc3c(cnn3Cc3c(F)c(OC)cc(OC)c3F)n2)c1. The van der Waals surface area contributed by atoms with E-state index in [-0.39, 0.29) is 64.9 Å². The van der Waals surface area contributed by atoms with Crippen LogP contribution in [0.25, 0.3) is 66.9 Å². The van der Waals surface area contributed by atoms with E-state index in [1.165, 1.54) is 51.5 Å². The third kappa shape index (κ3) is 15.8. The molecule has 19 nitrogen and oxygen atoms in total. The molecule has 0 aliphatic carbocycles. The maximum absolute atomic E-state index is 14.8. The number of rotatable bonds is 21. The van der Waals surface area contributed by atoms with Gasteiger partial charge in [-0.2, -0.15) is 5.10 Å². The van der Waals surface area contributed by atoms with Gasteiger partial charge in [-0.1, -0.05) is 80.4 Å². The van der Waals surface area contributed by atoms with Crippen LogP contribution in [0.15, 0.2) is 158 Å². The number of anilines is 3. The Labute approximate surface area is 577 Å². The number of carbonyl (C=O) groups excluding carboxylic acids is 3. The van der Waals surface area contributed by atoms with Crippen molar-refractivity contribution < 1.29 is 60.4 Å². The monoisotopic (exact) mass is 1390 g/mol. The minimum absolute atomic E-state index is 0.0286. The minimum Gasteiger partial charge on any atom is -0.495 e. The fourth-order valence-electron chi connectivity index (χ4n) is 10.7. The molecule has 3 amide bonds. The van der Waals surface area contributed by atoms with Crippen molar-refractivity contribution in [1.29, 1.82) is 0 Å². The zero-order valence-electron chi connectivity index (χ0n) is 55.3. The van der Waals surface area contributed by atoms with Crippen molar-refractivity contribution >= 4 is 91.1 Å². The highest BCUT2D eigenvalue weighted by atomic mass is 35.5. The Morgan fingerprint density at radius 1 is 0.404 bits per heavy atom. The molecule has 3 N–H and O–H groups in total. The zero-order valence-corrected chi connectivity index (χ0v) is 56.8. The van der Waals surface area contributed by atoms with Crippen molar-refractivity contribution in [3.8, 4) is 68.3 Å². The number of aromatic nitrogens is 7. The molecule has 0 spiro atoms. The molecular weight excluding hydrogens is 1320 g/mol. The number of pyridine rings is 3. The quantitative estimate of drug-likeness (QED) is 0.0573. The normalized spacial score (nSPS) is 10.9. The van der Waals surface area contributed by atoms with Crippen molar-refractivity contribution in [2.75, 3.05) is 58.6 Å². The van der Waals surface area contributed by atoms with Gasteiger partial charge in [0.1, 0.15) is 17.0 Å². The van der Waals surface area contributed by atoms with Gasteiger partial charge < -0.3 is 53.5 Å². The second kappa shape index (κ2) is 31.8. The summed E-state index contributed by atoms with van der Waals surface area (Å²) in [5.74, 6) is -2.74. The number of ether oxygens (including phenoxy) is 6. The molecule has 6 aromatic heterocycles. The van der Waals surface area contributed by atoms with Gasteiger partial charge in [-0.05, 0) is 84.9 Å². The molecule has 510 valence electrons. The lowest BCUT2D eigenvalue weighted by molar-refractivity contribution is -0.116. The van der Waals surface area contributed by atoms with Crippen LogP contribution in [0.1, 0.15) is 56.7 Å². The molecule has 0 aliphatic rings. The van der Waals surface area contributed by atoms with Gasteiger partial charge in [-0.3, -0.25) is 19.1 Å². The van der Waals surface area contributed by atoms with E-state index in [0.717, 1.165) is 44.6 Å². The fraction of sp³-hybridized carbons (Fsp3) is 0.203. The molecule has 0 saturated carbocycles. The number of carbonyl (C=O) groups is 3. The summed E-state index contributed by atoms with van der Waals surface area (Å²) in [5.41, 5.74) is 11.5. The summed E-state index contributed by atoms with van der Waals surface area (Å²) in [7, 11) is 8.35. The summed E-state index contributed by atoms with van der Waals surface area (Å²) in [4.78, 5) is 49.2. The molecule has 0 saturated heterocycles. The Morgan fingerprint density at radius 3 is 1.10 bits per heavy atom. The fourth-order valence-corrected chi connectivity index (χ4v) is 11.4. The molecule has 0 radical (unpaired) electrons. The number of fused-ring (bicyclic) bond motifs is 3. The van der Waals surface area contributed by atoms with Crippen LogP contribution in [-0.4, -0.2) is 94.2 Å². The molecule has 12 rings (SSSR count). The number of benzene rings is 6. The Morgan fingerprint density at radius 2 is 0.737 bits per heavy atom. The van der Waals surface area contributed by atoms with E-state index >= 15 is 0 Å². The topological polar surface area (TPSA) is 209 Å². The van der Waals surface area contributed by atoms with Crippen LogP contribution in [0.2, 0.25) is 10.0 Å². The lowest BCUT2D eigenvalue weighted by atomic mass is 10.1. The van der Waals surface area contributed by atoms with Gasteiger partial charge >= 0.3 is 0 Å². The summed E-state index contributed by atoms with van der Waals surface area (Å²) in [6.45, 7) is 5.59. The smallest absolute Gasteiger partial charge is 0.224 e. The first-order chi connectivity index (χ1) is 47.8. The molecule has 0 aliphatic heterocycles. The summed E-state index contributed by atoms with van der Waals surface area (Å²) in [5, 5.41) is 13.7. The van der Waals surface area contributed by atoms with Crippen LogP contribution < -0.4 is 44.4 Å². The highest BCUT2D eigenvalue weighted by molar-refractivity contribution is 6.38. The van der Waals surface area contributed by atoms with Crippen molar-refractivity contribution in [1.82, 2.24) is 33.9 Å². The van der Waals surface area contributed by atoms with E-state index in [0.29, 0.717) is 92.2 Å². The molecular formula is C74H68Cl2F4N10O9. The van der Waals surface area contributed by atoms with Crippen molar-refractivity contribution in [2.45, 2.75) is 59.7 Å². The van der Waals surface area contributed by atoms with Crippen molar-refractivity contribution in [3.63, 3.8) is 0 Å². The van der Waals surface area contributed by atoms with Gasteiger partial charge in [-0.25, -0.2) is 32.5 Å². The first-order valence-corrected chi connectivity index (χ1v) is 31.8. The number of hydrogen-bond donors (Lipinski definition) is 3. The van der Waals surface area contributed by atoms with E-state index in [1.54, 1.807) is 69.2 Å². The summed E-state index contributed by atoms with van der Waals surface area (Å²) in [6, 6.07) is 41.4. The predicted octanol–water partition coefficient (Wildman–Crippen LogP) is 16.6. The van der Waals surface area contributed by atoms with Crippen LogP contribution in [0, 0.1) is 23.3 Å². The Hall–Kier alpha value is -11.2. The van der Waals surface area contributed by atoms with E-state index in [2.05, 4.69) is 26.0 Å². The van der Waals surface area contributed by atoms with Crippen LogP contribution in [0.4, 0.5) is 34.6 Å². The van der Waals surface area contributed by atoms with Gasteiger partial charge in [0, 0.05) is 89.2 Å². The number of halogens is 6. The standard InChI is InChI=1S/C25H23Cl2N3O3.C25H23F2N3O3.C24H22F2N4O3/c2*1-4-23(31)28-16-7-5-6-15(12-16)18-8-9-20-19(29-18)10-11-30(20)14-17-24(26)21(32-2)13-22(33-3)25(17)27;1-4-22(31)28-15-7-5-6-14(10-15)17-8-9-19-18(29-17)12-27-30(19)13-16-23(25)20(32-2)11-21(33-3)24(16)26/h2*5-13H,4,14H2,1-3H3,(H,28,31);5-12H,4,13H2,1-3H3,(H,28,31). The lowest BCUT2D eigenvalue weighted by Gasteiger charge is -2.15. The number of hydrogen-bond acceptors (Lipinski definition) is 13. The maximum atomic E-state index is 14.8. The van der Waals surface area contributed by atoms with Crippen LogP contribution in [-0.2, 0) is 34.0 Å². The summed E-state index contributed by atoms with van der Waals surface area (Å²) < 4.78 is 95.2. The first kappa shape index (κ1) is 70.6. The molecule has 0 fully saturated rings. The Kier molecular flexibility index (Phi) is 22.7. The Balaban J connectivity index is 0.000000161. The van der Waals surface area contributed by atoms with Gasteiger partial charge in [0.25, 0.3) is 0 Å². The number of methoxy groups -OCH3 is 6. The van der Waals surface area contributed by atoms with Crippen LogP contribution in [0.5, 0.6) is 34.5 Å². The highest BCUT2D eigenvalue weighted by Crippen LogP contribution is 2.42. The lowest BCUT2D eigenvalue weighted by Crippen LogP contribution is -2.09. The van der Waals surface area contributed by atoms with Crippen molar-refractivity contribution in [3.05, 3.63) is 208 Å². The Bertz CT molecular complexity index is 4410. The van der Waals surface area contributed by atoms with Crippen LogP contribution in [0.3, 0.4) is 0 Å². The van der Waals surface area contributed by atoms with Gasteiger partial charge in [-0.15, -0.1) is 0 Å². The van der Waals surface area contributed by atoms with Gasteiger partial charge in [0.05, 0.1) is 134 Å². The van der Waals surface area contributed by atoms with E-state index in [1.807, 2.05) is 115 Å². The zero-order chi connectivity index (χ0) is 70.6. The highest BCUT2D eigenvalue weighted by Gasteiger charge is 2.24. The van der Waals surface area contributed by atoms with Crippen LogP contribution >= 0.6 is 23.2 Å². The first-order valence-electron chi connectivity index (χ1n) is 31.1. The predicted molar refractivity (Wildman–Crippen MR) is 376 cm³/mol. The molecule has 25 heteroatoms. The average molecular weight is 1390 g/mol. The largest absolute Gasteiger partial charge is 0.495 e. The van der Waals surface area contributed by atoms with Crippen molar-refractivity contribution in [2.24, 2.45) is 0 Å². The molecule has 0 unspecified atom stereocenters. The molecule has 0 atom stereocenters. The molecule has 12 aromatic rings. The third-order valence-corrected chi connectivity index (χ3v) is 16.8. The molecule has 6 aromatic carbocycles. The number of nitrogens with one attached hydrogen (secondary N) is 3. The number of nitrogens with zero attached hydrogens (tertiary/aromatic N) is 7. The number of amides is 3. The average Bonchev–Trinajstić information content (AvgIpc) is 1.73. The second-order valence-electron chi connectivity index (χ2n) is 22.1. The van der Waals surface area contributed by atoms with E-state index in [9.17, 15) is 31.9 Å². The van der Waals surface area contributed by atoms with Gasteiger partial charge in [0.2, 0.25) is 17.7 Å². The van der Waals surface area contributed by atoms with Gasteiger partial charge in [0.15, 0.2) is 46.3 Å². The molecule has 0 bridgehead atoms. The summed E-state index contributed by atoms with van der Waals surface area (Å²) >= 11 is 13.1. The third-order valence-electron chi connectivity index (χ3n) is 16.0. The van der Waals surface area contributed by atoms with E-state index in [4.69, 9.17) is 61.6 Å². The second-order valence-corrected chi connectivity index (χ2v) is 22.9. The molecule has 99 heavy (non-hydrogen) atoms. The molecule has 6 heterocycles.